The number of aromatic nitrogens is 2. The fraction of sp³-hybridized carbons (Fsp3) is 0.467. The van der Waals surface area contributed by atoms with Gasteiger partial charge in [0.2, 0.25) is 5.91 Å². The number of imidazole rings is 1. The summed E-state index contributed by atoms with van der Waals surface area (Å²) in [7, 11) is 0. The van der Waals surface area contributed by atoms with E-state index in [1.807, 2.05) is 24.3 Å². The van der Waals surface area contributed by atoms with E-state index in [1.165, 1.54) is 0 Å². The first-order valence-electron chi connectivity index (χ1n) is 6.81. The first-order chi connectivity index (χ1) is 9.38. The van der Waals surface area contributed by atoms with E-state index < -0.39 is 11.6 Å². The lowest BCUT2D eigenvalue weighted by Crippen LogP contribution is -2.51. The average Bonchev–Trinajstić information content (AvgIpc) is 2.78. The van der Waals surface area contributed by atoms with E-state index in [0.717, 1.165) is 16.9 Å². The molecule has 0 aliphatic heterocycles. The maximum absolute atomic E-state index is 11.9. The highest BCUT2D eigenvalue weighted by atomic mass is 16.3. The Labute approximate surface area is 118 Å². The van der Waals surface area contributed by atoms with Crippen LogP contribution in [0.3, 0.4) is 0 Å². The SMILES string of the molecule is CC(O)C(C)(C)NC(=O)CCc1nc2ccccc2[nH]1. The Bertz CT molecular complexity index is 569. The highest BCUT2D eigenvalue weighted by molar-refractivity contribution is 5.77. The van der Waals surface area contributed by atoms with E-state index >= 15 is 0 Å². The van der Waals surface area contributed by atoms with Crippen LogP contribution in [0.4, 0.5) is 0 Å². The van der Waals surface area contributed by atoms with Crippen LogP contribution in [0.15, 0.2) is 24.3 Å². The normalized spacial score (nSPS) is 13.4. The number of amides is 1. The van der Waals surface area contributed by atoms with Crippen LogP contribution in [0, 0.1) is 0 Å². The summed E-state index contributed by atoms with van der Waals surface area (Å²) >= 11 is 0. The van der Waals surface area contributed by atoms with Gasteiger partial charge in [-0.05, 0) is 32.9 Å². The van der Waals surface area contributed by atoms with Crippen LogP contribution >= 0.6 is 0 Å². The summed E-state index contributed by atoms with van der Waals surface area (Å²) in [4.78, 5) is 19.5. The summed E-state index contributed by atoms with van der Waals surface area (Å²) in [6, 6.07) is 7.78. The number of nitrogens with zero attached hydrogens (tertiary/aromatic N) is 1. The first-order valence-corrected chi connectivity index (χ1v) is 6.81. The number of rotatable bonds is 5. The molecule has 0 saturated carbocycles. The number of fused-ring (bicyclic) bond motifs is 1. The molecule has 108 valence electrons. The second kappa shape index (κ2) is 5.63. The quantitative estimate of drug-likeness (QED) is 0.778. The van der Waals surface area contributed by atoms with Crippen molar-refractivity contribution in [3.63, 3.8) is 0 Å². The monoisotopic (exact) mass is 275 g/mol. The number of aliphatic hydroxyl groups is 1. The Morgan fingerprint density at radius 1 is 1.45 bits per heavy atom. The second-order valence-corrected chi connectivity index (χ2v) is 5.65. The molecule has 2 rings (SSSR count). The number of aryl methyl sites for hydroxylation is 1. The van der Waals surface area contributed by atoms with Crippen molar-refractivity contribution in [1.29, 1.82) is 0 Å². The third kappa shape index (κ3) is 3.36. The second-order valence-electron chi connectivity index (χ2n) is 5.65. The van der Waals surface area contributed by atoms with Crippen LogP contribution in [-0.2, 0) is 11.2 Å². The Balaban J connectivity index is 1.93. The number of aliphatic hydroxyl groups excluding tert-OH is 1. The molecule has 0 spiro atoms. The number of carbonyl (C=O) groups excluding carboxylic acids is 1. The molecule has 1 atom stereocenters. The smallest absolute Gasteiger partial charge is 0.220 e. The molecule has 5 heteroatoms. The molecule has 5 nitrogen and oxygen atoms in total. The minimum Gasteiger partial charge on any atom is -0.391 e. The van der Waals surface area contributed by atoms with Crippen molar-refractivity contribution in [2.45, 2.75) is 45.3 Å². The average molecular weight is 275 g/mol. The zero-order valence-electron chi connectivity index (χ0n) is 12.1. The first kappa shape index (κ1) is 14.5. The molecule has 0 aliphatic carbocycles. The van der Waals surface area contributed by atoms with Crippen molar-refractivity contribution in [3.05, 3.63) is 30.1 Å². The number of para-hydroxylation sites is 2. The van der Waals surface area contributed by atoms with Gasteiger partial charge in [0.05, 0.1) is 22.7 Å². The molecular weight excluding hydrogens is 254 g/mol. The fourth-order valence-corrected chi connectivity index (χ4v) is 1.88. The number of hydrogen-bond acceptors (Lipinski definition) is 3. The van der Waals surface area contributed by atoms with Crippen molar-refractivity contribution < 1.29 is 9.90 Å². The highest BCUT2D eigenvalue weighted by Crippen LogP contribution is 2.12. The van der Waals surface area contributed by atoms with Crippen LogP contribution in [-0.4, -0.2) is 32.6 Å². The van der Waals surface area contributed by atoms with Crippen LogP contribution in [0.2, 0.25) is 0 Å². The number of benzene rings is 1. The molecule has 0 bridgehead atoms. The lowest BCUT2D eigenvalue weighted by Gasteiger charge is -2.29. The van der Waals surface area contributed by atoms with Crippen molar-refractivity contribution in [2.75, 3.05) is 0 Å². The Hall–Kier alpha value is -1.88. The number of nitrogens with one attached hydrogen (secondary N) is 2. The zero-order valence-corrected chi connectivity index (χ0v) is 12.1. The van der Waals surface area contributed by atoms with Crippen LogP contribution in [0.5, 0.6) is 0 Å². The van der Waals surface area contributed by atoms with Gasteiger partial charge in [-0.25, -0.2) is 4.98 Å². The minimum absolute atomic E-state index is 0.0867. The molecular formula is C15H21N3O2. The third-order valence-corrected chi connectivity index (χ3v) is 3.53. The standard InChI is InChI=1S/C15H21N3O2/c1-10(19)15(2,3)18-14(20)9-8-13-16-11-6-4-5-7-12(11)17-13/h4-7,10,19H,8-9H2,1-3H3,(H,16,17)(H,18,20). The number of carbonyl (C=O) groups is 1. The predicted molar refractivity (Wildman–Crippen MR) is 78.3 cm³/mol. The van der Waals surface area contributed by atoms with Gasteiger partial charge in [-0.15, -0.1) is 0 Å². The summed E-state index contributed by atoms with van der Waals surface area (Å²) in [6.07, 6.45) is 0.296. The maximum atomic E-state index is 11.9. The topological polar surface area (TPSA) is 78.0 Å². The number of aromatic amines is 1. The summed E-state index contributed by atoms with van der Waals surface area (Å²) in [6.45, 7) is 5.27. The van der Waals surface area contributed by atoms with Gasteiger partial charge in [0.25, 0.3) is 0 Å². The van der Waals surface area contributed by atoms with E-state index in [2.05, 4.69) is 15.3 Å². The van der Waals surface area contributed by atoms with Gasteiger partial charge in [0.1, 0.15) is 5.82 Å². The fourth-order valence-electron chi connectivity index (χ4n) is 1.88. The molecule has 1 aromatic heterocycles. The molecule has 20 heavy (non-hydrogen) atoms. The predicted octanol–water partition coefficient (Wildman–Crippen LogP) is 1.77. The largest absolute Gasteiger partial charge is 0.391 e. The molecule has 0 fully saturated rings. The Morgan fingerprint density at radius 3 is 2.80 bits per heavy atom. The summed E-state index contributed by atoms with van der Waals surface area (Å²) in [5, 5.41) is 12.4. The summed E-state index contributed by atoms with van der Waals surface area (Å²) in [5.41, 5.74) is 1.27. The van der Waals surface area contributed by atoms with Gasteiger partial charge in [-0.2, -0.15) is 0 Å². The summed E-state index contributed by atoms with van der Waals surface area (Å²) < 4.78 is 0. The lowest BCUT2D eigenvalue weighted by molar-refractivity contribution is -0.124. The minimum atomic E-state index is -0.620. The molecule has 1 heterocycles. The van der Waals surface area contributed by atoms with E-state index in [4.69, 9.17) is 0 Å². The molecule has 2 aromatic rings. The number of hydrogen-bond donors (Lipinski definition) is 3. The highest BCUT2D eigenvalue weighted by Gasteiger charge is 2.25. The van der Waals surface area contributed by atoms with E-state index in [1.54, 1.807) is 20.8 Å². The van der Waals surface area contributed by atoms with Crippen molar-refractivity contribution in [1.82, 2.24) is 15.3 Å². The van der Waals surface area contributed by atoms with Gasteiger partial charge in [0.15, 0.2) is 0 Å². The summed E-state index contributed by atoms with van der Waals surface area (Å²) in [5.74, 6) is 0.715. The van der Waals surface area contributed by atoms with Crippen LogP contribution in [0.25, 0.3) is 11.0 Å². The lowest BCUT2D eigenvalue weighted by atomic mass is 9.98. The molecule has 0 radical (unpaired) electrons. The van der Waals surface area contributed by atoms with Gasteiger partial charge >= 0.3 is 0 Å². The van der Waals surface area contributed by atoms with E-state index in [9.17, 15) is 9.90 Å². The van der Waals surface area contributed by atoms with Gasteiger partial charge in [-0.3, -0.25) is 4.79 Å². The van der Waals surface area contributed by atoms with Crippen molar-refractivity contribution in [2.24, 2.45) is 0 Å². The van der Waals surface area contributed by atoms with Gasteiger partial charge in [0, 0.05) is 12.8 Å². The number of H-pyrrole nitrogens is 1. The van der Waals surface area contributed by atoms with Crippen LogP contribution in [0.1, 0.15) is 33.0 Å². The maximum Gasteiger partial charge on any atom is 0.220 e. The molecule has 1 aromatic carbocycles. The Morgan fingerprint density at radius 2 is 2.15 bits per heavy atom. The van der Waals surface area contributed by atoms with Crippen molar-refractivity contribution >= 4 is 16.9 Å². The molecule has 1 unspecified atom stereocenters. The Kier molecular flexibility index (Phi) is 4.09. The van der Waals surface area contributed by atoms with E-state index in [-0.39, 0.29) is 5.91 Å². The third-order valence-electron chi connectivity index (χ3n) is 3.53. The molecule has 0 aliphatic rings. The molecule has 0 saturated heterocycles. The van der Waals surface area contributed by atoms with Crippen molar-refractivity contribution in [3.8, 4) is 0 Å². The van der Waals surface area contributed by atoms with Gasteiger partial charge in [-0.1, -0.05) is 12.1 Å². The van der Waals surface area contributed by atoms with E-state index in [0.29, 0.717) is 12.8 Å². The molecule has 1 amide bonds. The zero-order chi connectivity index (χ0) is 14.8. The van der Waals surface area contributed by atoms with Gasteiger partial charge < -0.3 is 15.4 Å². The van der Waals surface area contributed by atoms with Crippen LogP contribution < -0.4 is 5.32 Å². The molecule has 3 N–H and O–H groups in total.